The minimum Gasteiger partial charge on any atom is -0.496 e. The molecule has 0 aliphatic carbocycles. The van der Waals surface area contributed by atoms with Crippen molar-refractivity contribution in [1.82, 2.24) is 0 Å². The van der Waals surface area contributed by atoms with E-state index in [2.05, 4.69) is 15.9 Å². The van der Waals surface area contributed by atoms with Gasteiger partial charge in [0.2, 0.25) is 0 Å². The van der Waals surface area contributed by atoms with Crippen LogP contribution in [0.15, 0.2) is 40.9 Å². The summed E-state index contributed by atoms with van der Waals surface area (Å²) in [6.45, 7) is 1.91. The zero-order chi connectivity index (χ0) is 14.0. The van der Waals surface area contributed by atoms with Gasteiger partial charge in [-0.15, -0.1) is 0 Å². The summed E-state index contributed by atoms with van der Waals surface area (Å²) in [7, 11) is 1.57. The molecule has 2 rings (SSSR count). The Balaban J connectivity index is 2.49. The van der Waals surface area contributed by atoms with E-state index in [-0.39, 0.29) is 5.82 Å². The number of ether oxygens (including phenoxy) is 1. The van der Waals surface area contributed by atoms with Crippen LogP contribution in [0.3, 0.4) is 0 Å². The van der Waals surface area contributed by atoms with Crippen LogP contribution in [-0.2, 0) is 0 Å². The van der Waals surface area contributed by atoms with E-state index in [1.54, 1.807) is 19.2 Å². The van der Waals surface area contributed by atoms with E-state index in [1.807, 2.05) is 25.1 Å². The molecule has 1 atom stereocenters. The Morgan fingerprint density at radius 1 is 1.16 bits per heavy atom. The molecule has 2 nitrogen and oxygen atoms in total. The highest BCUT2D eigenvalue weighted by molar-refractivity contribution is 9.10. The molecule has 0 aliphatic heterocycles. The van der Waals surface area contributed by atoms with Gasteiger partial charge in [0, 0.05) is 15.6 Å². The smallest absolute Gasteiger partial charge is 0.128 e. The number of hydrogen-bond acceptors (Lipinski definition) is 2. The number of nitrogens with two attached hydrogens (primary N) is 1. The third-order valence-electron chi connectivity index (χ3n) is 3.02. The maximum absolute atomic E-state index is 13.9. The van der Waals surface area contributed by atoms with E-state index in [0.29, 0.717) is 11.3 Å². The predicted octanol–water partition coefficient (Wildman–Crippen LogP) is 3.95. The topological polar surface area (TPSA) is 35.2 Å². The van der Waals surface area contributed by atoms with Crippen molar-refractivity contribution >= 4 is 15.9 Å². The first-order chi connectivity index (χ1) is 9.02. The molecule has 0 heterocycles. The average molecular weight is 324 g/mol. The van der Waals surface area contributed by atoms with Crippen molar-refractivity contribution < 1.29 is 9.13 Å². The van der Waals surface area contributed by atoms with Crippen molar-refractivity contribution in [2.24, 2.45) is 5.73 Å². The van der Waals surface area contributed by atoms with Crippen LogP contribution in [0.2, 0.25) is 0 Å². The van der Waals surface area contributed by atoms with Crippen molar-refractivity contribution in [3.63, 3.8) is 0 Å². The Labute approximate surface area is 120 Å². The lowest BCUT2D eigenvalue weighted by atomic mass is 9.97. The molecule has 1 unspecified atom stereocenters. The van der Waals surface area contributed by atoms with Gasteiger partial charge in [-0.25, -0.2) is 4.39 Å². The standard InChI is InChI=1S/C15H15BrFNO/c1-9-3-6-13(17)12(7-9)15(18)11-5-4-10(16)8-14(11)19-2/h3-8,15H,18H2,1-2H3. The maximum Gasteiger partial charge on any atom is 0.128 e. The molecule has 0 radical (unpaired) electrons. The summed E-state index contributed by atoms with van der Waals surface area (Å²) in [4.78, 5) is 0. The summed E-state index contributed by atoms with van der Waals surface area (Å²) in [5.74, 6) is 0.339. The minimum atomic E-state index is -0.553. The van der Waals surface area contributed by atoms with Crippen molar-refractivity contribution in [1.29, 1.82) is 0 Å². The quantitative estimate of drug-likeness (QED) is 0.928. The van der Waals surface area contributed by atoms with Crippen LogP contribution >= 0.6 is 15.9 Å². The van der Waals surface area contributed by atoms with Gasteiger partial charge in [0.15, 0.2) is 0 Å². The van der Waals surface area contributed by atoms with Crippen LogP contribution in [0.4, 0.5) is 4.39 Å². The second-order valence-corrected chi connectivity index (χ2v) is 5.30. The largest absolute Gasteiger partial charge is 0.496 e. The lowest BCUT2D eigenvalue weighted by molar-refractivity contribution is 0.407. The summed E-state index contributed by atoms with van der Waals surface area (Å²) < 4.78 is 20.1. The molecule has 0 amide bonds. The van der Waals surface area contributed by atoms with Crippen LogP contribution in [-0.4, -0.2) is 7.11 Å². The summed E-state index contributed by atoms with van der Waals surface area (Å²) in [6, 6.07) is 9.91. The van der Waals surface area contributed by atoms with E-state index < -0.39 is 6.04 Å². The van der Waals surface area contributed by atoms with E-state index in [9.17, 15) is 4.39 Å². The monoisotopic (exact) mass is 323 g/mol. The SMILES string of the molecule is COc1cc(Br)ccc1C(N)c1cc(C)ccc1F. The Hall–Kier alpha value is -1.39. The fourth-order valence-corrected chi connectivity index (χ4v) is 2.35. The van der Waals surface area contributed by atoms with Gasteiger partial charge in [0.05, 0.1) is 13.2 Å². The van der Waals surface area contributed by atoms with E-state index in [1.165, 1.54) is 6.07 Å². The Kier molecular flexibility index (Phi) is 4.22. The molecular formula is C15H15BrFNO. The van der Waals surface area contributed by atoms with Crippen molar-refractivity contribution in [3.05, 3.63) is 63.4 Å². The van der Waals surface area contributed by atoms with Gasteiger partial charge in [-0.2, -0.15) is 0 Å². The normalized spacial score (nSPS) is 12.3. The molecule has 100 valence electrons. The lowest BCUT2D eigenvalue weighted by Gasteiger charge is -2.17. The Morgan fingerprint density at radius 3 is 2.58 bits per heavy atom. The number of benzene rings is 2. The molecule has 0 saturated carbocycles. The molecule has 0 saturated heterocycles. The number of hydrogen-bond donors (Lipinski definition) is 1. The highest BCUT2D eigenvalue weighted by Crippen LogP contribution is 2.32. The minimum absolute atomic E-state index is 0.303. The van der Waals surface area contributed by atoms with Gasteiger partial charge in [0.25, 0.3) is 0 Å². The molecule has 19 heavy (non-hydrogen) atoms. The van der Waals surface area contributed by atoms with Gasteiger partial charge in [0.1, 0.15) is 11.6 Å². The van der Waals surface area contributed by atoms with Gasteiger partial charge in [-0.1, -0.05) is 39.7 Å². The van der Waals surface area contributed by atoms with Crippen LogP contribution in [0.1, 0.15) is 22.7 Å². The zero-order valence-electron chi connectivity index (χ0n) is 10.8. The number of rotatable bonds is 3. The predicted molar refractivity (Wildman–Crippen MR) is 77.9 cm³/mol. The van der Waals surface area contributed by atoms with E-state index in [0.717, 1.165) is 15.6 Å². The van der Waals surface area contributed by atoms with Crippen LogP contribution < -0.4 is 10.5 Å². The Bertz CT molecular complexity index is 601. The molecular weight excluding hydrogens is 309 g/mol. The zero-order valence-corrected chi connectivity index (χ0v) is 12.4. The summed E-state index contributed by atoms with van der Waals surface area (Å²) in [6.07, 6.45) is 0. The molecule has 2 aromatic rings. The molecule has 0 spiro atoms. The average Bonchev–Trinajstić information content (AvgIpc) is 2.40. The molecule has 4 heteroatoms. The second-order valence-electron chi connectivity index (χ2n) is 4.39. The highest BCUT2D eigenvalue weighted by Gasteiger charge is 2.17. The molecule has 0 aliphatic rings. The van der Waals surface area contributed by atoms with Crippen LogP contribution in [0, 0.1) is 12.7 Å². The van der Waals surface area contributed by atoms with Gasteiger partial charge in [-0.3, -0.25) is 0 Å². The van der Waals surface area contributed by atoms with Crippen LogP contribution in [0.5, 0.6) is 5.75 Å². The van der Waals surface area contributed by atoms with Crippen molar-refractivity contribution in [2.45, 2.75) is 13.0 Å². The number of methoxy groups -OCH3 is 1. The first-order valence-electron chi connectivity index (χ1n) is 5.88. The third kappa shape index (κ3) is 2.96. The molecule has 2 aromatic carbocycles. The molecule has 2 N–H and O–H groups in total. The fraction of sp³-hybridized carbons (Fsp3) is 0.200. The first-order valence-corrected chi connectivity index (χ1v) is 6.67. The number of halogens is 2. The van der Waals surface area contributed by atoms with Crippen LogP contribution in [0.25, 0.3) is 0 Å². The lowest BCUT2D eigenvalue weighted by Crippen LogP contribution is -2.15. The number of aryl methyl sites for hydroxylation is 1. The summed E-state index contributed by atoms with van der Waals surface area (Å²) in [5, 5.41) is 0. The van der Waals surface area contributed by atoms with Gasteiger partial charge >= 0.3 is 0 Å². The molecule has 0 bridgehead atoms. The van der Waals surface area contributed by atoms with Gasteiger partial charge in [-0.05, 0) is 25.1 Å². The third-order valence-corrected chi connectivity index (χ3v) is 3.51. The van der Waals surface area contributed by atoms with Crippen molar-refractivity contribution in [3.8, 4) is 5.75 Å². The fourth-order valence-electron chi connectivity index (χ4n) is 2.01. The first kappa shape index (κ1) is 14.0. The van der Waals surface area contributed by atoms with Gasteiger partial charge < -0.3 is 10.5 Å². The maximum atomic E-state index is 13.9. The van der Waals surface area contributed by atoms with E-state index in [4.69, 9.17) is 10.5 Å². The molecule has 0 fully saturated rings. The molecule has 0 aromatic heterocycles. The van der Waals surface area contributed by atoms with Crippen molar-refractivity contribution in [2.75, 3.05) is 7.11 Å². The van der Waals surface area contributed by atoms with E-state index >= 15 is 0 Å². The second kappa shape index (κ2) is 5.72. The highest BCUT2D eigenvalue weighted by atomic mass is 79.9. The summed E-state index contributed by atoms with van der Waals surface area (Å²) in [5.41, 5.74) is 8.38. The Morgan fingerprint density at radius 2 is 1.89 bits per heavy atom. The summed E-state index contributed by atoms with van der Waals surface area (Å²) >= 11 is 3.37.